The molecule has 1 heterocycles. The molecule has 2 N–H and O–H groups in total. The van der Waals surface area contributed by atoms with Crippen molar-refractivity contribution < 1.29 is 24.2 Å². The number of carbonyl (C=O) groups is 3. The van der Waals surface area contributed by atoms with E-state index in [1.54, 1.807) is 13.1 Å². The average molecular weight is 474 g/mol. The normalized spacial score (nSPS) is 11.9. The van der Waals surface area contributed by atoms with Crippen molar-refractivity contribution in [1.29, 1.82) is 0 Å². The Morgan fingerprint density at radius 2 is 1.63 bits per heavy atom. The Hall–Kier alpha value is -4.20. The summed E-state index contributed by atoms with van der Waals surface area (Å²) in [7, 11) is 1.65. The van der Waals surface area contributed by atoms with Crippen LogP contribution < -0.4 is 5.32 Å². The number of hydrogen-bond acceptors (Lipinski definition) is 5. The first-order chi connectivity index (χ1) is 16.9. The fourth-order valence-electron chi connectivity index (χ4n) is 4.27. The maximum atomic E-state index is 12.5. The molecule has 0 aliphatic heterocycles. The molecule has 0 spiro atoms. The van der Waals surface area contributed by atoms with E-state index in [0.29, 0.717) is 25.1 Å². The molecule has 1 aliphatic carbocycles. The molecule has 0 saturated heterocycles. The number of pyridine rings is 1. The van der Waals surface area contributed by atoms with Crippen molar-refractivity contribution in [3.63, 3.8) is 0 Å². The Labute approximate surface area is 203 Å². The summed E-state index contributed by atoms with van der Waals surface area (Å²) < 4.78 is 5.54. The topological polar surface area (TPSA) is 109 Å². The van der Waals surface area contributed by atoms with Crippen LogP contribution in [0.2, 0.25) is 0 Å². The third-order valence-corrected chi connectivity index (χ3v) is 6.05. The van der Waals surface area contributed by atoms with Crippen LogP contribution in [0, 0.1) is 0 Å². The van der Waals surface area contributed by atoms with Crippen LogP contribution in [0.15, 0.2) is 66.9 Å². The van der Waals surface area contributed by atoms with Crippen molar-refractivity contribution >= 4 is 23.7 Å². The number of carbonyl (C=O) groups excluding carboxylic acids is 2. The zero-order valence-electron chi connectivity index (χ0n) is 19.4. The highest BCUT2D eigenvalue weighted by Crippen LogP contribution is 2.44. The largest absolute Gasteiger partial charge is 0.481 e. The fourth-order valence-corrected chi connectivity index (χ4v) is 4.27. The van der Waals surface area contributed by atoms with Crippen LogP contribution in [0.3, 0.4) is 0 Å². The van der Waals surface area contributed by atoms with Gasteiger partial charge in [0.25, 0.3) is 5.91 Å². The van der Waals surface area contributed by atoms with E-state index in [2.05, 4.69) is 34.6 Å². The highest BCUT2D eigenvalue weighted by molar-refractivity contribution is 5.93. The summed E-state index contributed by atoms with van der Waals surface area (Å²) in [5.74, 6) is -1.15. The number of benzene rings is 2. The molecule has 8 nitrogen and oxygen atoms in total. The van der Waals surface area contributed by atoms with Crippen molar-refractivity contribution in [2.24, 2.45) is 0 Å². The third kappa shape index (κ3) is 5.66. The van der Waals surface area contributed by atoms with E-state index >= 15 is 0 Å². The Kier molecular flexibility index (Phi) is 7.40. The molecule has 35 heavy (non-hydrogen) atoms. The lowest BCUT2D eigenvalue weighted by Gasteiger charge is -2.16. The lowest BCUT2D eigenvalue weighted by molar-refractivity contribution is -0.137. The van der Waals surface area contributed by atoms with Gasteiger partial charge in [0.05, 0.1) is 11.9 Å². The van der Waals surface area contributed by atoms with Gasteiger partial charge in [-0.2, -0.15) is 0 Å². The maximum absolute atomic E-state index is 12.5. The van der Waals surface area contributed by atoms with E-state index in [1.165, 1.54) is 17.2 Å². The molecule has 0 saturated carbocycles. The number of unbranched alkanes of at least 4 members (excludes halogenated alkanes) is 1. The molecule has 1 aliphatic rings. The van der Waals surface area contributed by atoms with E-state index in [-0.39, 0.29) is 30.5 Å². The lowest BCUT2D eigenvalue weighted by Crippen LogP contribution is -2.28. The second-order valence-electron chi connectivity index (χ2n) is 8.46. The minimum absolute atomic E-state index is 0.0303. The van der Waals surface area contributed by atoms with Gasteiger partial charge in [0.15, 0.2) is 0 Å². The summed E-state index contributed by atoms with van der Waals surface area (Å²) in [6.45, 7) is 0.643. The lowest BCUT2D eigenvalue weighted by atomic mass is 9.98. The number of amides is 2. The number of nitrogens with one attached hydrogen (secondary N) is 1. The van der Waals surface area contributed by atoms with Gasteiger partial charge >= 0.3 is 12.1 Å². The Morgan fingerprint density at radius 1 is 0.971 bits per heavy atom. The van der Waals surface area contributed by atoms with Crippen LogP contribution in [0.5, 0.6) is 0 Å². The highest BCUT2D eigenvalue weighted by atomic mass is 16.5. The molecule has 2 amide bonds. The molecule has 0 unspecified atom stereocenters. The maximum Gasteiger partial charge on any atom is 0.411 e. The quantitative estimate of drug-likeness (QED) is 0.434. The van der Waals surface area contributed by atoms with Gasteiger partial charge in [-0.15, -0.1) is 0 Å². The van der Waals surface area contributed by atoms with E-state index in [9.17, 15) is 14.4 Å². The van der Waals surface area contributed by atoms with Crippen LogP contribution >= 0.6 is 0 Å². The van der Waals surface area contributed by atoms with Gasteiger partial charge in [-0.25, -0.2) is 9.78 Å². The van der Waals surface area contributed by atoms with E-state index in [4.69, 9.17) is 9.84 Å². The predicted octanol–water partition coefficient (Wildman–Crippen LogP) is 4.77. The first-order valence-electron chi connectivity index (χ1n) is 11.5. The minimum atomic E-state index is -0.847. The van der Waals surface area contributed by atoms with Crippen molar-refractivity contribution in [3.05, 3.63) is 83.7 Å². The molecule has 0 atom stereocenters. The summed E-state index contributed by atoms with van der Waals surface area (Å²) >= 11 is 0. The molecule has 1 aromatic heterocycles. The van der Waals surface area contributed by atoms with Crippen molar-refractivity contribution in [3.8, 4) is 11.1 Å². The number of nitrogens with zero attached hydrogens (tertiary/aromatic N) is 2. The highest BCUT2D eigenvalue weighted by Gasteiger charge is 2.29. The van der Waals surface area contributed by atoms with Crippen molar-refractivity contribution in [2.45, 2.75) is 25.2 Å². The van der Waals surface area contributed by atoms with Gasteiger partial charge in [-0.3, -0.25) is 14.9 Å². The van der Waals surface area contributed by atoms with E-state index < -0.39 is 12.1 Å². The average Bonchev–Trinajstić information content (AvgIpc) is 3.19. The van der Waals surface area contributed by atoms with Crippen molar-refractivity contribution in [1.82, 2.24) is 9.88 Å². The Balaban J connectivity index is 1.30. The van der Waals surface area contributed by atoms with Crippen LogP contribution in [0.4, 0.5) is 10.5 Å². The Bertz CT molecular complexity index is 1180. The number of fused-ring (bicyclic) bond motifs is 3. The van der Waals surface area contributed by atoms with Crippen LogP contribution in [-0.4, -0.2) is 53.2 Å². The van der Waals surface area contributed by atoms with Crippen LogP contribution in [-0.2, 0) is 9.53 Å². The number of carboxylic acids is 1. The fraction of sp³-hybridized carbons (Fsp3) is 0.259. The van der Waals surface area contributed by atoms with Gasteiger partial charge in [-0.05, 0) is 47.2 Å². The predicted molar refractivity (Wildman–Crippen MR) is 131 cm³/mol. The second-order valence-corrected chi connectivity index (χ2v) is 8.46. The number of ether oxygens (including phenoxy) is 1. The van der Waals surface area contributed by atoms with Gasteiger partial charge < -0.3 is 14.7 Å². The second kappa shape index (κ2) is 10.8. The van der Waals surface area contributed by atoms with E-state index in [0.717, 1.165) is 22.3 Å². The number of carboxylic acid groups (broad SMARTS) is 1. The summed E-state index contributed by atoms with van der Waals surface area (Å²) in [5.41, 5.74) is 5.25. The molecule has 180 valence electrons. The smallest absolute Gasteiger partial charge is 0.411 e. The monoisotopic (exact) mass is 473 g/mol. The molecular weight excluding hydrogens is 446 g/mol. The zero-order chi connectivity index (χ0) is 24.8. The first-order valence-corrected chi connectivity index (χ1v) is 11.5. The molecule has 0 radical (unpaired) electrons. The molecule has 4 rings (SSSR count). The van der Waals surface area contributed by atoms with Gasteiger partial charge in [0.2, 0.25) is 0 Å². The summed E-state index contributed by atoms with van der Waals surface area (Å²) in [6.07, 6.45) is 1.99. The van der Waals surface area contributed by atoms with Crippen LogP contribution in [0.25, 0.3) is 11.1 Å². The molecule has 2 aromatic carbocycles. The SMILES string of the molecule is CN(CCCCC(=O)O)C(=O)c1ccc(NC(=O)OCC2c3ccccc3-c3ccccc32)cn1. The zero-order valence-corrected chi connectivity index (χ0v) is 19.4. The summed E-state index contributed by atoms with van der Waals surface area (Å²) in [6, 6.07) is 19.4. The van der Waals surface area contributed by atoms with E-state index in [1.807, 2.05) is 24.3 Å². The van der Waals surface area contributed by atoms with Gasteiger partial charge in [0.1, 0.15) is 12.3 Å². The molecule has 8 heteroatoms. The Morgan fingerprint density at radius 3 is 2.23 bits per heavy atom. The summed E-state index contributed by atoms with van der Waals surface area (Å²) in [4.78, 5) is 41.2. The van der Waals surface area contributed by atoms with Gasteiger partial charge in [0, 0.05) is 25.9 Å². The number of aromatic nitrogens is 1. The third-order valence-electron chi connectivity index (χ3n) is 6.05. The van der Waals surface area contributed by atoms with Crippen LogP contribution in [0.1, 0.15) is 46.8 Å². The molecular formula is C27H27N3O5. The number of hydrogen-bond donors (Lipinski definition) is 2. The molecule has 0 bridgehead atoms. The standard InChI is InChI=1S/C27H27N3O5/c1-30(15-7-6-12-25(31)32)26(33)24-14-13-18(16-28-24)29-27(34)35-17-23-21-10-4-2-8-19(21)20-9-3-5-11-22(20)23/h2-5,8-11,13-14,16,23H,6-7,12,15,17H2,1H3,(H,29,34)(H,31,32). The molecule has 0 fully saturated rings. The summed E-state index contributed by atoms with van der Waals surface area (Å²) in [5, 5.41) is 11.3. The first kappa shape index (κ1) is 23.9. The molecule has 3 aromatic rings. The number of aliphatic carboxylic acids is 1. The minimum Gasteiger partial charge on any atom is -0.481 e. The van der Waals surface area contributed by atoms with Gasteiger partial charge in [-0.1, -0.05) is 48.5 Å². The number of anilines is 1. The van der Waals surface area contributed by atoms with Crippen molar-refractivity contribution in [2.75, 3.05) is 25.5 Å². The number of rotatable bonds is 9.